The van der Waals surface area contributed by atoms with Crippen molar-refractivity contribution in [2.45, 2.75) is 74.1 Å². The molecule has 0 spiro atoms. The number of hydrogen-bond donors (Lipinski definition) is 4. The molecule has 2 atom stereocenters. The third kappa shape index (κ3) is 7.78. The monoisotopic (exact) mass is 660 g/mol. The van der Waals surface area contributed by atoms with Crippen molar-refractivity contribution in [1.82, 2.24) is 29.9 Å². The first-order valence-electron chi connectivity index (χ1n) is 16.2. The van der Waals surface area contributed by atoms with Crippen LogP contribution in [-0.2, 0) is 31.3 Å². The van der Waals surface area contributed by atoms with Crippen molar-refractivity contribution in [3.63, 3.8) is 0 Å². The maximum absolute atomic E-state index is 14.0. The van der Waals surface area contributed by atoms with Crippen LogP contribution in [0.3, 0.4) is 0 Å². The van der Waals surface area contributed by atoms with E-state index in [2.05, 4.69) is 20.1 Å². The Balaban J connectivity index is 1.15. The minimum Gasteiger partial charge on any atom is -0.392 e. The first kappa shape index (κ1) is 33.4. The summed E-state index contributed by atoms with van der Waals surface area (Å²) in [5.41, 5.74) is 2.26. The predicted molar refractivity (Wildman–Crippen MR) is 170 cm³/mol. The highest BCUT2D eigenvalue weighted by Gasteiger charge is 2.36. The molecule has 2 fully saturated rings. The molecule has 0 radical (unpaired) electrons. The molecular weight excluding hydrogens is 617 g/mol. The van der Waals surface area contributed by atoms with E-state index in [1.165, 1.54) is 17.8 Å². The fourth-order valence-electron chi connectivity index (χ4n) is 6.90. The molecule has 46 heavy (non-hydrogen) atoms. The van der Waals surface area contributed by atoms with E-state index in [1.54, 1.807) is 12.3 Å². The van der Waals surface area contributed by atoms with E-state index in [-0.39, 0.29) is 17.5 Å². The van der Waals surface area contributed by atoms with Crippen LogP contribution in [0.25, 0.3) is 11.3 Å². The second-order valence-corrected chi connectivity index (χ2v) is 13.9. The van der Waals surface area contributed by atoms with Gasteiger partial charge in [-0.3, -0.25) is 14.6 Å². The molecule has 0 aliphatic carbocycles. The summed E-state index contributed by atoms with van der Waals surface area (Å²) in [6.07, 6.45) is -0.463. The largest absolute Gasteiger partial charge is 0.417 e. The van der Waals surface area contributed by atoms with Gasteiger partial charge < -0.3 is 25.5 Å². The van der Waals surface area contributed by atoms with Crippen LogP contribution in [0, 0.1) is 0 Å². The molecule has 0 saturated carbocycles. The fourth-order valence-corrected chi connectivity index (χ4v) is 8.02. The number of fused-ring (bicyclic) bond motifs is 1. The number of hydrogen-bond acceptors (Lipinski definition) is 9. The van der Waals surface area contributed by atoms with Crippen molar-refractivity contribution >= 4 is 11.8 Å². The molecule has 4 N–H and O–H groups in total. The van der Waals surface area contributed by atoms with Gasteiger partial charge in [-0.05, 0) is 56.5 Å². The number of aliphatic hydroxyl groups is 3. The zero-order valence-corrected chi connectivity index (χ0v) is 26.7. The van der Waals surface area contributed by atoms with Gasteiger partial charge in [-0.1, -0.05) is 12.1 Å². The van der Waals surface area contributed by atoms with Crippen LogP contribution in [-0.4, -0.2) is 104 Å². The van der Waals surface area contributed by atoms with Gasteiger partial charge in [0.1, 0.15) is 5.60 Å². The Morgan fingerprint density at radius 1 is 1.09 bits per heavy atom. The first-order chi connectivity index (χ1) is 22.1. The third-order valence-electron chi connectivity index (χ3n) is 9.39. The highest BCUT2D eigenvalue weighted by atomic mass is 32.2. The van der Waals surface area contributed by atoms with Crippen LogP contribution < -0.4 is 5.32 Å². The number of alkyl halides is 3. The zero-order valence-electron chi connectivity index (χ0n) is 25.9. The number of piperidine rings is 2. The number of aliphatic hydroxyl groups excluding tert-OH is 2. The Morgan fingerprint density at radius 2 is 1.91 bits per heavy atom. The molecule has 9 nitrogen and oxygen atoms in total. The number of benzene rings is 1. The van der Waals surface area contributed by atoms with Gasteiger partial charge in [-0.15, -0.1) is 11.8 Å². The minimum atomic E-state index is -4.48. The number of nitrogens with zero attached hydrogens (tertiary/aromatic N) is 5. The molecule has 2 aromatic heterocycles. The van der Waals surface area contributed by atoms with Crippen molar-refractivity contribution in [1.29, 1.82) is 0 Å². The molecule has 13 heteroatoms. The Labute approximate surface area is 271 Å². The van der Waals surface area contributed by atoms with E-state index in [0.717, 1.165) is 43.3 Å². The average Bonchev–Trinajstić information content (AvgIpc) is 3.40. The number of rotatable bonds is 10. The predicted octanol–water partition coefficient (Wildman–Crippen LogP) is 3.50. The van der Waals surface area contributed by atoms with Crippen LogP contribution in [0.1, 0.15) is 48.2 Å². The van der Waals surface area contributed by atoms with Crippen molar-refractivity contribution in [3.05, 3.63) is 65.1 Å². The summed E-state index contributed by atoms with van der Waals surface area (Å²) < 4.78 is 43.9. The van der Waals surface area contributed by atoms with Crippen LogP contribution in [0.4, 0.5) is 13.2 Å². The maximum Gasteiger partial charge on any atom is 0.417 e. The van der Waals surface area contributed by atoms with E-state index >= 15 is 0 Å². The van der Waals surface area contributed by atoms with Crippen molar-refractivity contribution in [2.24, 2.45) is 0 Å². The number of β-amino-alcohol motifs (C(OH)–C–C–N with tert-alkyl or cyclic N) is 2. The number of pyridine rings is 1. The van der Waals surface area contributed by atoms with Gasteiger partial charge in [0, 0.05) is 85.9 Å². The Bertz CT molecular complexity index is 1460. The average molecular weight is 661 g/mol. The summed E-state index contributed by atoms with van der Waals surface area (Å²) in [4.78, 5) is 8.76. The molecule has 3 aliphatic rings. The molecule has 1 aromatic carbocycles. The van der Waals surface area contributed by atoms with E-state index < -0.39 is 23.4 Å². The number of likely N-dealkylation sites (tertiary alicyclic amines) is 2. The number of halogens is 3. The Morgan fingerprint density at radius 3 is 2.65 bits per heavy atom. The third-order valence-corrected chi connectivity index (χ3v) is 10.4. The van der Waals surface area contributed by atoms with Gasteiger partial charge in [0.15, 0.2) is 0 Å². The zero-order chi connectivity index (χ0) is 32.3. The van der Waals surface area contributed by atoms with Crippen LogP contribution in [0.15, 0.2) is 47.5 Å². The lowest BCUT2D eigenvalue weighted by atomic mass is 9.87. The lowest BCUT2D eigenvalue weighted by Gasteiger charge is -2.38. The smallest absolute Gasteiger partial charge is 0.392 e. The lowest BCUT2D eigenvalue weighted by molar-refractivity contribution is -0.139. The fraction of sp³-hybridized carbons (Fsp3) is 0.576. The number of aromatic nitrogens is 3. The van der Waals surface area contributed by atoms with Crippen molar-refractivity contribution in [3.8, 4) is 11.3 Å². The van der Waals surface area contributed by atoms with E-state index in [0.29, 0.717) is 81.2 Å². The Hall–Kier alpha value is -2.52. The van der Waals surface area contributed by atoms with Gasteiger partial charge >= 0.3 is 6.18 Å². The van der Waals surface area contributed by atoms with E-state index in [9.17, 15) is 28.5 Å². The van der Waals surface area contributed by atoms with E-state index in [4.69, 9.17) is 5.10 Å². The SMILES string of the molecule is OC1CCCN(CCSc2cc(-c3nn(CC(O)CN4CCC(O)(c5ccccn5)CC4)c4c3CNCC4)ccc2C(F)(F)F)C1. The van der Waals surface area contributed by atoms with Gasteiger partial charge in [0.05, 0.1) is 35.7 Å². The molecular formula is C33H43F3N6O3S. The summed E-state index contributed by atoms with van der Waals surface area (Å²) in [7, 11) is 0. The van der Waals surface area contributed by atoms with Gasteiger partial charge in [-0.2, -0.15) is 18.3 Å². The second kappa shape index (κ2) is 14.3. The molecule has 3 aromatic rings. The topological polar surface area (TPSA) is 110 Å². The molecule has 6 rings (SSSR count). The minimum absolute atomic E-state index is 0.172. The summed E-state index contributed by atoms with van der Waals surface area (Å²) in [6.45, 7) is 5.27. The Kier molecular flexibility index (Phi) is 10.4. The highest BCUT2D eigenvalue weighted by Crippen LogP contribution is 2.40. The van der Waals surface area contributed by atoms with Gasteiger partial charge in [0.2, 0.25) is 0 Å². The highest BCUT2D eigenvalue weighted by molar-refractivity contribution is 7.99. The summed E-state index contributed by atoms with van der Waals surface area (Å²) >= 11 is 1.19. The standard InChI is InChI=1S/C33H43F3N6O3S/c34-33(35,36)27-7-6-23(18-29(27)46-17-16-40-13-3-4-24(43)20-40)31-26-19-37-12-8-28(26)42(39-31)22-25(44)21-41-14-9-32(45,10-15-41)30-5-1-2-11-38-30/h1-2,5-7,11,18,24-25,37,43-45H,3-4,8-10,12-17,19-22H2. The van der Waals surface area contributed by atoms with Gasteiger partial charge in [-0.25, -0.2) is 0 Å². The molecule has 2 unspecified atom stereocenters. The summed E-state index contributed by atoms with van der Waals surface area (Å²) in [5.74, 6) is 0.481. The lowest BCUT2D eigenvalue weighted by Crippen LogP contribution is -2.46. The molecule has 0 amide bonds. The quantitative estimate of drug-likeness (QED) is 0.243. The molecule has 0 bridgehead atoms. The van der Waals surface area contributed by atoms with Gasteiger partial charge in [0.25, 0.3) is 0 Å². The number of nitrogens with one attached hydrogen (secondary N) is 1. The second-order valence-electron chi connectivity index (χ2n) is 12.7. The first-order valence-corrected chi connectivity index (χ1v) is 17.2. The summed E-state index contributed by atoms with van der Waals surface area (Å²) in [6, 6.07) is 9.81. The maximum atomic E-state index is 14.0. The van der Waals surface area contributed by atoms with Crippen LogP contribution >= 0.6 is 11.8 Å². The normalized spacial score (nSPS) is 21.7. The molecule has 2 saturated heterocycles. The van der Waals surface area contributed by atoms with Crippen molar-refractivity contribution in [2.75, 3.05) is 51.6 Å². The van der Waals surface area contributed by atoms with Crippen LogP contribution in [0.5, 0.6) is 0 Å². The molecule has 3 aliphatic heterocycles. The van der Waals surface area contributed by atoms with Crippen LogP contribution in [0.2, 0.25) is 0 Å². The molecule has 250 valence electrons. The van der Waals surface area contributed by atoms with Crippen molar-refractivity contribution < 1.29 is 28.5 Å². The summed E-state index contributed by atoms with van der Waals surface area (Å²) in [5, 5.41) is 40.5. The molecule has 5 heterocycles. The number of thioether (sulfide) groups is 1. The van der Waals surface area contributed by atoms with E-state index in [1.807, 2.05) is 22.9 Å².